The molecule has 3 aromatic heterocycles. The zero-order chi connectivity index (χ0) is 14.1. The van der Waals surface area contributed by atoms with Gasteiger partial charge in [-0.05, 0) is 13.0 Å². The van der Waals surface area contributed by atoms with Crippen LogP contribution in [0.15, 0.2) is 23.3 Å². The van der Waals surface area contributed by atoms with Crippen molar-refractivity contribution >= 4 is 11.6 Å². The molecule has 20 heavy (non-hydrogen) atoms. The highest BCUT2D eigenvalue weighted by Gasteiger charge is 2.12. The Bertz CT molecular complexity index is 829. The summed E-state index contributed by atoms with van der Waals surface area (Å²) in [5.74, 6) is 0.141. The summed E-state index contributed by atoms with van der Waals surface area (Å²) in [6, 6.07) is 1.64. The number of aryl methyl sites for hydroxylation is 1. The highest BCUT2D eigenvalue weighted by Crippen LogP contribution is 2.00. The van der Waals surface area contributed by atoms with Crippen molar-refractivity contribution in [2.75, 3.05) is 0 Å². The molecule has 0 unspecified atom stereocenters. The fraction of sp³-hybridized carbons (Fsp3) is 0.182. The molecule has 0 saturated carbocycles. The normalized spacial score (nSPS) is 10.8. The van der Waals surface area contributed by atoms with Crippen molar-refractivity contribution in [1.29, 1.82) is 0 Å². The Hall–Kier alpha value is -2.97. The van der Waals surface area contributed by atoms with Gasteiger partial charge in [0.15, 0.2) is 5.82 Å². The molecular formula is C11H11N7O2. The topological polar surface area (TPSA) is 121 Å². The fourth-order valence-corrected chi connectivity index (χ4v) is 1.79. The molecule has 0 aliphatic rings. The van der Waals surface area contributed by atoms with E-state index in [1.54, 1.807) is 12.3 Å². The van der Waals surface area contributed by atoms with E-state index in [-0.39, 0.29) is 23.7 Å². The smallest absolute Gasteiger partial charge is 0.293 e. The number of fused-ring (bicyclic) bond motifs is 1. The second kappa shape index (κ2) is 4.61. The Morgan fingerprint density at radius 1 is 1.45 bits per heavy atom. The molecule has 0 atom stereocenters. The Balaban J connectivity index is 1.79. The van der Waals surface area contributed by atoms with Crippen LogP contribution in [0.25, 0.3) is 5.65 Å². The van der Waals surface area contributed by atoms with Gasteiger partial charge < -0.3 is 10.3 Å². The Kier molecular flexibility index (Phi) is 2.78. The highest BCUT2D eigenvalue weighted by molar-refractivity contribution is 5.92. The largest absolute Gasteiger partial charge is 0.343 e. The van der Waals surface area contributed by atoms with Gasteiger partial charge in [-0.25, -0.2) is 0 Å². The van der Waals surface area contributed by atoms with Crippen molar-refractivity contribution in [2.45, 2.75) is 13.5 Å². The van der Waals surface area contributed by atoms with Crippen molar-refractivity contribution in [3.63, 3.8) is 0 Å². The molecule has 3 N–H and O–H groups in total. The maximum Gasteiger partial charge on any atom is 0.293 e. The van der Waals surface area contributed by atoms with Crippen LogP contribution in [0.2, 0.25) is 0 Å². The number of hydrogen-bond acceptors (Lipinski definition) is 5. The minimum absolute atomic E-state index is 0.148. The van der Waals surface area contributed by atoms with Gasteiger partial charge in [0.1, 0.15) is 5.69 Å². The molecule has 9 nitrogen and oxygen atoms in total. The monoisotopic (exact) mass is 273 g/mol. The maximum absolute atomic E-state index is 11.8. The van der Waals surface area contributed by atoms with E-state index in [1.807, 2.05) is 6.92 Å². The molecule has 0 radical (unpaired) electrons. The Morgan fingerprint density at radius 2 is 2.30 bits per heavy atom. The number of rotatable bonds is 3. The van der Waals surface area contributed by atoms with Crippen molar-refractivity contribution in [1.82, 2.24) is 35.1 Å². The van der Waals surface area contributed by atoms with Crippen LogP contribution >= 0.6 is 0 Å². The van der Waals surface area contributed by atoms with Crippen molar-refractivity contribution < 1.29 is 4.79 Å². The summed E-state index contributed by atoms with van der Waals surface area (Å²) < 4.78 is 1.52. The van der Waals surface area contributed by atoms with Crippen molar-refractivity contribution in [3.05, 3.63) is 46.0 Å². The summed E-state index contributed by atoms with van der Waals surface area (Å²) in [4.78, 5) is 25.8. The predicted molar refractivity (Wildman–Crippen MR) is 68.1 cm³/mol. The third kappa shape index (κ3) is 2.05. The van der Waals surface area contributed by atoms with Gasteiger partial charge in [-0.15, -0.1) is 10.2 Å². The van der Waals surface area contributed by atoms with Gasteiger partial charge >= 0.3 is 0 Å². The van der Waals surface area contributed by atoms with E-state index >= 15 is 0 Å². The summed E-state index contributed by atoms with van der Waals surface area (Å²) in [6.07, 6.45) is 3.11. The average molecular weight is 273 g/mol. The minimum atomic E-state index is -0.333. The van der Waals surface area contributed by atoms with Crippen LogP contribution in [-0.4, -0.2) is 35.7 Å². The molecule has 0 saturated heterocycles. The van der Waals surface area contributed by atoms with Gasteiger partial charge in [0.25, 0.3) is 11.5 Å². The molecule has 0 aliphatic carbocycles. The predicted octanol–water partition coefficient (Wildman–Crippen LogP) is -0.621. The number of aromatic nitrogens is 6. The van der Waals surface area contributed by atoms with Crippen molar-refractivity contribution in [3.8, 4) is 0 Å². The van der Waals surface area contributed by atoms with Crippen LogP contribution in [0.5, 0.6) is 0 Å². The quantitative estimate of drug-likeness (QED) is 0.587. The van der Waals surface area contributed by atoms with E-state index in [2.05, 4.69) is 30.7 Å². The summed E-state index contributed by atoms with van der Waals surface area (Å²) in [7, 11) is 0. The third-order valence-corrected chi connectivity index (χ3v) is 2.75. The van der Waals surface area contributed by atoms with E-state index in [1.165, 1.54) is 10.6 Å². The average Bonchev–Trinajstić information content (AvgIpc) is 3.03. The molecule has 1 amide bonds. The lowest BCUT2D eigenvalue weighted by molar-refractivity contribution is 0.0944. The number of nitrogens with zero attached hydrogens (tertiary/aromatic N) is 4. The van der Waals surface area contributed by atoms with Crippen LogP contribution in [-0.2, 0) is 6.54 Å². The van der Waals surface area contributed by atoms with E-state index in [0.717, 1.165) is 5.69 Å². The maximum atomic E-state index is 11.8. The van der Waals surface area contributed by atoms with E-state index in [4.69, 9.17) is 0 Å². The lowest BCUT2D eigenvalue weighted by atomic mass is 10.3. The van der Waals surface area contributed by atoms with Gasteiger partial charge in [0.05, 0.1) is 6.54 Å². The van der Waals surface area contributed by atoms with Crippen LogP contribution in [0.3, 0.4) is 0 Å². The first kappa shape index (κ1) is 12.1. The van der Waals surface area contributed by atoms with Crippen LogP contribution < -0.4 is 10.9 Å². The Labute approximate surface area is 112 Å². The zero-order valence-electron chi connectivity index (χ0n) is 10.5. The highest BCUT2D eigenvalue weighted by atomic mass is 16.2. The first-order chi connectivity index (χ1) is 9.65. The molecule has 0 spiro atoms. The van der Waals surface area contributed by atoms with E-state index in [9.17, 15) is 9.59 Å². The lowest BCUT2D eigenvalue weighted by Gasteiger charge is -2.01. The van der Waals surface area contributed by atoms with Crippen molar-refractivity contribution in [2.24, 2.45) is 0 Å². The van der Waals surface area contributed by atoms with Crippen LogP contribution in [0, 0.1) is 6.92 Å². The zero-order valence-corrected chi connectivity index (χ0v) is 10.5. The van der Waals surface area contributed by atoms with E-state index < -0.39 is 0 Å². The van der Waals surface area contributed by atoms with Gasteiger partial charge in [-0.1, -0.05) is 0 Å². The summed E-state index contributed by atoms with van der Waals surface area (Å²) in [6.45, 7) is 1.96. The summed E-state index contributed by atoms with van der Waals surface area (Å²) >= 11 is 0. The number of aromatic amines is 2. The number of carbonyl (C=O) groups is 1. The molecule has 9 heteroatoms. The third-order valence-electron chi connectivity index (χ3n) is 2.75. The molecule has 102 valence electrons. The second-order valence-electron chi connectivity index (χ2n) is 4.22. The first-order valence-electron chi connectivity index (χ1n) is 5.86. The lowest BCUT2D eigenvalue weighted by Crippen LogP contribution is -2.24. The SMILES string of the molecule is Cc1cc(C(=O)NCc2nnc3c(=O)[nH]ccn23)n[nH]1. The molecule has 3 rings (SSSR count). The molecule has 0 aliphatic heterocycles. The molecule has 0 aromatic carbocycles. The molecule has 0 bridgehead atoms. The van der Waals surface area contributed by atoms with Crippen LogP contribution in [0.1, 0.15) is 22.0 Å². The molecule has 0 fully saturated rings. The first-order valence-corrected chi connectivity index (χ1v) is 5.86. The molecular weight excluding hydrogens is 262 g/mol. The number of H-pyrrole nitrogens is 2. The summed E-state index contributed by atoms with van der Waals surface area (Å²) in [5.41, 5.74) is 0.955. The van der Waals surface area contributed by atoms with Gasteiger partial charge in [-0.3, -0.25) is 19.1 Å². The number of nitrogens with one attached hydrogen (secondary N) is 3. The Morgan fingerprint density at radius 3 is 3.05 bits per heavy atom. The summed E-state index contributed by atoms with van der Waals surface area (Å²) in [5, 5.41) is 16.9. The standard InChI is InChI=1S/C11H11N7O2/c1-6-4-7(15-14-6)10(19)13-5-8-16-17-9-11(20)12-2-3-18(8)9/h2-4H,5H2,1H3,(H,12,20)(H,13,19)(H,14,15). The number of hydrogen-bond donors (Lipinski definition) is 3. The van der Waals surface area contributed by atoms with Gasteiger partial charge in [0, 0.05) is 18.1 Å². The molecule has 3 heterocycles. The van der Waals surface area contributed by atoms with E-state index in [0.29, 0.717) is 11.5 Å². The second-order valence-corrected chi connectivity index (χ2v) is 4.22. The number of amides is 1. The minimum Gasteiger partial charge on any atom is -0.343 e. The molecule has 3 aromatic rings. The van der Waals surface area contributed by atoms with Gasteiger partial charge in [-0.2, -0.15) is 5.10 Å². The fourth-order valence-electron chi connectivity index (χ4n) is 1.79. The number of carbonyl (C=O) groups excluding carboxylic acids is 1. The van der Waals surface area contributed by atoms with Crippen LogP contribution in [0.4, 0.5) is 0 Å². The van der Waals surface area contributed by atoms with Gasteiger partial charge in [0.2, 0.25) is 5.65 Å².